The summed E-state index contributed by atoms with van der Waals surface area (Å²) in [4.78, 5) is 28.9. The molecular formula is C38H53N5O. The third-order valence-electron chi connectivity index (χ3n) is 8.43. The number of H-pyrrole nitrogens is 1. The minimum atomic E-state index is -0.700. The largest absolute Gasteiger partial charge is 0.341 e. The zero-order valence-electron chi connectivity index (χ0n) is 28.4. The van der Waals surface area contributed by atoms with Crippen LogP contribution in [0.4, 0.5) is 0 Å². The van der Waals surface area contributed by atoms with Crippen molar-refractivity contribution in [3.63, 3.8) is 0 Å². The van der Waals surface area contributed by atoms with Crippen molar-refractivity contribution in [2.75, 3.05) is 26.2 Å². The maximum atomic E-state index is 14.1. The van der Waals surface area contributed by atoms with E-state index < -0.39 is 5.41 Å². The van der Waals surface area contributed by atoms with Crippen LogP contribution < -0.4 is 5.32 Å². The molecule has 0 radical (unpaired) electrons. The molecule has 0 aliphatic rings. The highest BCUT2D eigenvalue weighted by atomic mass is 16.2. The normalized spacial score (nSPS) is 12.8. The van der Waals surface area contributed by atoms with Crippen molar-refractivity contribution in [2.45, 2.75) is 86.5 Å². The van der Waals surface area contributed by atoms with E-state index in [0.717, 1.165) is 61.3 Å². The Labute approximate surface area is 265 Å². The maximum Gasteiger partial charge on any atom is 0.232 e. The van der Waals surface area contributed by atoms with Gasteiger partial charge in [-0.3, -0.25) is 9.78 Å². The molecule has 3 heterocycles. The minimum Gasteiger partial charge on any atom is -0.341 e. The monoisotopic (exact) mass is 595 g/mol. The van der Waals surface area contributed by atoms with Crippen molar-refractivity contribution in [3.8, 4) is 11.3 Å². The van der Waals surface area contributed by atoms with Crippen LogP contribution >= 0.6 is 0 Å². The summed E-state index contributed by atoms with van der Waals surface area (Å²) in [6.45, 7) is 22.7. The van der Waals surface area contributed by atoms with E-state index in [-0.39, 0.29) is 11.8 Å². The molecular weight excluding hydrogens is 542 g/mol. The molecule has 1 unspecified atom stereocenters. The standard InChI is InChI=1S/C38H53N5O/c1-25(2)23-43(24-26(3)4)37(44)38(8,9)32-20-33-34(29(7)21-40-14-10-11-30-12-15-39-16-13-30)35(42-36(33)41-22-32)31-18-27(5)17-28(6)19-31/h12-13,15-20,22,25-26,29,40H,10-11,14,21,23-24H2,1-9H3,(H,41,42). The molecule has 0 aliphatic carbocycles. The van der Waals surface area contributed by atoms with Crippen molar-refractivity contribution in [1.29, 1.82) is 0 Å². The number of hydrogen-bond acceptors (Lipinski definition) is 4. The zero-order valence-corrected chi connectivity index (χ0v) is 28.4. The molecule has 6 heteroatoms. The highest BCUT2D eigenvalue weighted by Gasteiger charge is 2.35. The highest BCUT2D eigenvalue weighted by Crippen LogP contribution is 2.38. The van der Waals surface area contributed by atoms with Crippen molar-refractivity contribution in [3.05, 3.63) is 82.8 Å². The van der Waals surface area contributed by atoms with Crippen LogP contribution in [-0.2, 0) is 16.6 Å². The summed E-state index contributed by atoms with van der Waals surface area (Å²) in [5, 5.41) is 4.81. The maximum absolute atomic E-state index is 14.1. The lowest BCUT2D eigenvalue weighted by Gasteiger charge is -2.34. The molecule has 236 valence electrons. The molecule has 0 aliphatic heterocycles. The van der Waals surface area contributed by atoms with E-state index in [9.17, 15) is 4.79 Å². The number of aromatic amines is 1. The van der Waals surface area contributed by atoms with Crippen LogP contribution in [0.3, 0.4) is 0 Å². The Bertz CT molecular complexity index is 1510. The number of carbonyl (C=O) groups excluding carboxylic acids is 1. The summed E-state index contributed by atoms with van der Waals surface area (Å²) in [7, 11) is 0. The average Bonchev–Trinajstić information content (AvgIpc) is 3.35. The van der Waals surface area contributed by atoms with Gasteiger partial charge >= 0.3 is 0 Å². The lowest BCUT2D eigenvalue weighted by molar-refractivity contribution is -0.137. The minimum absolute atomic E-state index is 0.164. The van der Waals surface area contributed by atoms with E-state index in [1.807, 2.05) is 18.6 Å². The van der Waals surface area contributed by atoms with Gasteiger partial charge in [0.25, 0.3) is 0 Å². The Kier molecular flexibility index (Phi) is 11.0. The SMILES string of the molecule is Cc1cc(C)cc(-c2[nH]c3ncc(C(C)(C)C(=O)N(CC(C)C)CC(C)C)cc3c2C(C)CNCCCc2ccncc2)c1. The predicted molar refractivity (Wildman–Crippen MR) is 184 cm³/mol. The Morgan fingerprint density at radius 1 is 0.955 bits per heavy atom. The van der Waals surface area contributed by atoms with Gasteiger partial charge in [0.15, 0.2) is 0 Å². The van der Waals surface area contributed by atoms with Crippen LogP contribution in [0.25, 0.3) is 22.3 Å². The third kappa shape index (κ3) is 8.15. The summed E-state index contributed by atoms with van der Waals surface area (Å²) in [6, 6.07) is 13.1. The fourth-order valence-corrected chi connectivity index (χ4v) is 6.32. The Morgan fingerprint density at radius 2 is 1.59 bits per heavy atom. The molecule has 0 bridgehead atoms. The number of benzene rings is 1. The van der Waals surface area contributed by atoms with E-state index >= 15 is 0 Å². The molecule has 1 atom stereocenters. The first kappa shape index (κ1) is 33.4. The Balaban J connectivity index is 1.67. The molecule has 4 aromatic rings. The van der Waals surface area contributed by atoms with Gasteiger partial charge in [0.05, 0.1) is 11.1 Å². The smallest absolute Gasteiger partial charge is 0.232 e. The van der Waals surface area contributed by atoms with E-state index in [0.29, 0.717) is 11.8 Å². The number of carbonyl (C=O) groups is 1. The summed E-state index contributed by atoms with van der Waals surface area (Å²) in [6.07, 6.45) is 7.72. The molecule has 3 aromatic heterocycles. The summed E-state index contributed by atoms with van der Waals surface area (Å²) < 4.78 is 0. The molecule has 4 rings (SSSR count). The lowest BCUT2D eigenvalue weighted by atomic mass is 9.82. The quantitative estimate of drug-likeness (QED) is 0.145. The molecule has 2 N–H and O–H groups in total. The van der Waals surface area contributed by atoms with Crippen molar-refractivity contribution in [2.24, 2.45) is 11.8 Å². The number of amides is 1. The molecule has 1 aromatic carbocycles. The van der Waals surface area contributed by atoms with Gasteiger partial charge in [0, 0.05) is 43.6 Å². The molecule has 0 saturated carbocycles. The number of rotatable bonds is 14. The van der Waals surface area contributed by atoms with Gasteiger partial charge in [-0.15, -0.1) is 0 Å². The van der Waals surface area contributed by atoms with Crippen LogP contribution in [0.15, 0.2) is 55.0 Å². The predicted octanol–water partition coefficient (Wildman–Crippen LogP) is 7.99. The Morgan fingerprint density at radius 3 is 2.20 bits per heavy atom. The van der Waals surface area contributed by atoms with Crippen LogP contribution in [0.2, 0.25) is 0 Å². The van der Waals surface area contributed by atoms with Gasteiger partial charge < -0.3 is 15.2 Å². The lowest BCUT2D eigenvalue weighted by Crippen LogP contribution is -2.46. The van der Waals surface area contributed by atoms with Crippen molar-refractivity contribution < 1.29 is 4.79 Å². The summed E-state index contributed by atoms with van der Waals surface area (Å²) in [5.74, 6) is 1.21. The fourth-order valence-electron chi connectivity index (χ4n) is 6.32. The fraction of sp³-hybridized carbons (Fsp3) is 0.500. The van der Waals surface area contributed by atoms with Gasteiger partial charge in [-0.1, -0.05) is 51.8 Å². The topological polar surface area (TPSA) is 73.9 Å². The first-order chi connectivity index (χ1) is 20.9. The van der Waals surface area contributed by atoms with Gasteiger partial charge in [0.2, 0.25) is 5.91 Å². The summed E-state index contributed by atoms with van der Waals surface area (Å²) >= 11 is 0. The second-order valence-corrected chi connectivity index (χ2v) is 14.1. The number of nitrogens with one attached hydrogen (secondary N) is 2. The van der Waals surface area contributed by atoms with Gasteiger partial charge in [0.1, 0.15) is 5.65 Å². The highest BCUT2D eigenvalue weighted by molar-refractivity contribution is 5.92. The first-order valence-corrected chi connectivity index (χ1v) is 16.4. The second kappa shape index (κ2) is 14.5. The molecule has 6 nitrogen and oxygen atoms in total. The Hall–Kier alpha value is -3.51. The molecule has 0 fully saturated rings. The second-order valence-electron chi connectivity index (χ2n) is 14.1. The van der Waals surface area contributed by atoms with Gasteiger partial charge in [-0.05, 0) is 117 Å². The number of aryl methyl sites for hydroxylation is 3. The van der Waals surface area contributed by atoms with E-state index in [2.05, 4.69) is 119 Å². The van der Waals surface area contributed by atoms with Crippen LogP contribution in [-0.4, -0.2) is 51.9 Å². The molecule has 0 saturated heterocycles. The molecule has 44 heavy (non-hydrogen) atoms. The average molecular weight is 596 g/mol. The number of nitrogens with zero attached hydrogens (tertiary/aromatic N) is 3. The van der Waals surface area contributed by atoms with Crippen LogP contribution in [0.1, 0.15) is 88.6 Å². The van der Waals surface area contributed by atoms with Crippen LogP contribution in [0, 0.1) is 25.7 Å². The van der Waals surface area contributed by atoms with E-state index in [4.69, 9.17) is 4.98 Å². The molecule has 1 amide bonds. The number of hydrogen-bond donors (Lipinski definition) is 2. The van der Waals surface area contributed by atoms with E-state index in [1.54, 1.807) is 0 Å². The number of fused-ring (bicyclic) bond motifs is 1. The van der Waals surface area contributed by atoms with Crippen molar-refractivity contribution in [1.82, 2.24) is 25.2 Å². The number of pyridine rings is 2. The van der Waals surface area contributed by atoms with Crippen LogP contribution in [0.5, 0.6) is 0 Å². The number of aromatic nitrogens is 3. The van der Waals surface area contributed by atoms with Crippen molar-refractivity contribution >= 4 is 16.9 Å². The zero-order chi connectivity index (χ0) is 32.0. The first-order valence-electron chi connectivity index (χ1n) is 16.4. The van der Waals surface area contributed by atoms with Gasteiger partial charge in [-0.25, -0.2) is 4.98 Å². The molecule has 0 spiro atoms. The third-order valence-corrected chi connectivity index (χ3v) is 8.43. The van der Waals surface area contributed by atoms with E-state index in [1.165, 1.54) is 27.8 Å². The summed E-state index contributed by atoms with van der Waals surface area (Å²) in [5.41, 5.74) is 8.47. The van der Waals surface area contributed by atoms with Gasteiger partial charge in [-0.2, -0.15) is 0 Å².